The van der Waals surface area contributed by atoms with Crippen LogP contribution in [0.3, 0.4) is 0 Å². The fourth-order valence-electron chi connectivity index (χ4n) is 1.84. The van der Waals surface area contributed by atoms with Crippen LogP contribution < -0.4 is 0 Å². The molecule has 0 bridgehead atoms. The highest BCUT2D eigenvalue weighted by atomic mass is 79.9. The number of rotatable bonds is 2. The van der Waals surface area contributed by atoms with Crippen molar-refractivity contribution in [3.63, 3.8) is 0 Å². The second kappa shape index (κ2) is 5.46. The normalized spacial score (nSPS) is 12.4. The van der Waals surface area contributed by atoms with Gasteiger partial charge in [0.25, 0.3) is 0 Å². The number of benzene rings is 2. The third-order valence-corrected chi connectivity index (χ3v) is 5.20. The molecule has 0 aliphatic rings. The van der Waals surface area contributed by atoms with E-state index in [0.29, 0.717) is 0 Å². The molecule has 0 atom stereocenters. The third kappa shape index (κ3) is 3.13. The van der Waals surface area contributed by atoms with E-state index in [1.807, 2.05) is 0 Å². The quantitative estimate of drug-likeness (QED) is 0.772. The van der Waals surface area contributed by atoms with Gasteiger partial charge in [0.15, 0.2) is 0 Å². The van der Waals surface area contributed by atoms with Gasteiger partial charge in [-0.1, -0.05) is 34.1 Å². The molecule has 0 aromatic heterocycles. The molecule has 0 saturated heterocycles. The molecule has 2 nitrogen and oxygen atoms in total. The van der Waals surface area contributed by atoms with Crippen molar-refractivity contribution in [1.29, 1.82) is 0 Å². The number of hydrogen-bond acceptors (Lipinski definition) is 2. The Hall–Kier alpha value is -1.34. The van der Waals surface area contributed by atoms with Gasteiger partial charge in [-0.05, 0) is 36.8 Å². The van der Waals surface area contributed by atoms with E-state index in [2.05, 4.69) is 22.9 Å². The predicted octanol–water partition coefficient (Wildman–Crippen LogP) is 4.48. The van der Waals surface area contributed by atoms with Crippen LogP contribution in [0.5, 0.6) is 0 Å². The van der Waals surface area contributed by atoms with Crippen LogP contribution in [0.1, 0.15) is 11.1 Å². The first-order chi connectivity index (χ1) is 9.64. The maximum Gasteiger partial charge on any atom is 0.417 e. The van der Waals surface area contributed by atoms with Crippen LogP contribution in [0.25, 0.3) is 0 Å². The molecule has 0 fully saturated rings. The minimum Gasteiger partial charge on any atom is -0.218 e. The van der Waals surface area contributed by atoms with Crippen LogP contribution in [0.4, 0.5) is 13.2 Å². The van der Waals surface area contributed by atoms with E-state index in [4.69, 9.17) is 0 Å². The first-order valence-corrected chi connectivity index (χ1v) is 7.94. The largest absolute Gasteiger partial charge is 0.417 e. The van der Waals surface area contributed by atoms with Crippen molar-refractivity contribution >= 4 is 25.8 Å². The van der Waals surface area contributed by atoms with Gasteiger partial charge in [-0.15, -0.1) is 0 Å². The summed E-state index contributed by atoms with van der Waals surface area (Å²) in [5.74, 6) is 0. The predicted molar refractivity (Wildman–Crippen MR) is 75.5 cm³/mol. The molecule has 2 aromatic rings. The molecule has 21 heavy (non-hydrogen) atoms. The van der Waals surface area contributed by atoms with Crippen LogP contribution >= 0.6 is 15.9 Å². The minimum atomic E-state index is -4.78. The lowest BCUT2D eigenvalue weighted by Crippen LogP contribution is -2.14. The van der Waals surface area contributed by atoms with Gasteiger partial charge in [-0.2, -0.15) is 13.2 Å². The zero-order valence-electron chi connectivity index (χ0n) is 10.5. The highest BCUT2D eigenvalue weighted by Gasteiger charge is 2.38. The highest BCUT2D eigenvalue weighted by Crippen LogP contribution is 2.38. The zero-order valence-corrected chi connectivity index (χ0v) is 12.9. The van der Waals surface area contributed by atoms with Crippen molar-refractivity contribution in [1.82, 2.24) is 0 Å². The van der Waals surface area contributed by atoms with E-state index in [1.54, 1.807) is 6.07 Å². The Morgan fingerprint density at radius 2 is 1.62 bits per heavy atom. The summed E-state index contributed by atoms with van der Waals surface area (Å²) >= 11 is 2.92. The molecular formula is C14H9BrF3O2S. The van der Waals surface area contributed by atoms with Crippen LogP contribution in [-0.4, -0.2) is 8.42 Å². The highest BCUT2D eigenvalue weighted by molar-refractivity contribution is 9.10. The van der Waals surface area contributed by atoms with E-state index in [1.165, 1.54) is 24.3 Å². The van der Waals surface area contributed by atoms with Crippen molar-refractivity contribution < 1.29 is 21.6 Å². The summed E-state index contributed by atoms with van der Waals surface area (Å²) in [6, 6.07) is 8.61. The third-order valence-electron chi connectivity index (χ3n) is 2.80. The maximum absolute atomic E-state index is 13.1. The van der Waals surface area contributed by atoms with Gasteiger partial charge in [-0.25, -0.2) is 8.42 Å². The molecule has 0 N–H and O–H groups in total. The SMILES string of the molecule is [CH2]c1ccccc1S(=O)(=O)c1ccc(Br)cc1C(F)(F)F. The number of sulfone groups is 1. The molecule has 0 aliphatic heterocycles. The average Bonchev–Trinajstić information content (AvgIpc) is 2.37. The second-order valence-corrected chi connectivity index (χ2v) is 7.05. The summed E-state index contributed by atoms with van der Waals surface area (Å²) in [5.41, 5.74) is -1.06. The van der Waals surface area contributed by atoms with E-state index in [0.717, 1.165) is 12.1 Å². The fourth-order valence-corrected chi connectivity index (χ4v) is 3.82. The van der Waals surface area contributed by atoms with E-state index in [-0.39, 0.29) is 14.9 Å². The smallest absolute Gasteiger partial charge is 0.218 e. The molecule has 2 rings (SSSR count). The monoisotopic (exact) mass is 377 g/mol. The van der Waals surface area contributed by atoms with Crippen LogP contribution in [0.2, 0.25) is 0 Å². The van der Waals surface area contributed by atoms with E-state index < -0.39 is 26.5 Å². The summed E-state index contributed by atoms with van der Waals surface area (Å²) in [5, 5.41) is 0. The molecule has 0 unspecified atom stereocenters. The van der Waals surface area contributed by atoms with E-state index in [9.17, 15) is 21.6 Å². The van der Waals surface area contributed by atoms with Crippen molar-refractivity contribution in [3.8, 4) is 0 Å². The van der Waals surface area contributed by atoms with Gasteiger partial charge in [0.2, 0.25) is 9.84 Å². The summed E-state index contributed by atoms with van der Waals surface area (Å²) in [6.45, 7) is 3.55. The lowest BCUT2D eigenvalue weighted by molar-refractivity contribution is -0.139. The first-order valence-electron chi connectivity index (χ1n) is 5.67. The van der Waals surface area contributed by atoms with Gasteiger partial charge in [0.1, 0.15) is 0 Å². The maximum atomic E-state index is 13.1. The van der Waals surface area contributed by atoms with Gasteiger partial charge in [-0.3, -0.25) is 0 Å². The zero-order chi connectivity index (χ0) is 15.8. The number of hydrogen-bond donors (Lipinski definition) is 0. The molecule has 0 heterocycles. The Morgan fingerprint density at radius 1 is 1.00 bits per heavy atom. The first kappa shape index (κ1) is 16.0. The summed E-state index contributed by atoms with van der Waals surface area (Å²) in [4.78, 5) is -1.02. The summed E-state index contributed by atoms with van der Waals surface area (Å²) in [6.07, 6.45) is -4.78. The minimum absolute atomic E-state index is 0.147. The van der Waals surface area contributed by atoms with Gasteiger partial charge < -0.3 is 0 Å². The lowest BCUT2D eigenvalue weighted by atomic mass is 10.2. The molecule has 1 radical (unpaired) electrons. The Morgan fingerprint density at radius 3 is 2.19 bits per heavy atom. The van der Waals surface area contributed by atoms with Crippen molar-refractivity contribution in [3.05, 3.63) is 65.0 Å². The number of halogens is 4. The molecule has 0 saturated carbocycles. The molecule has 7 heteroatoms. The van der Waals surface area contributed by atoms with Crippen molar-refractivity contribution in [2.75, 3.05) is 0 Å². The molecule has 0 amide bonds. The Kier molecular flexibility index (Phi) is 4.17. The van der Waals surface area contributed by atoms with Gasteiger partial charge >= 0.3 is 6.18 Å². The average molecular weight is 378 g/mol. The topological polar surface area (TPSA) is 34.1 Å². The molecule has 111 valence electrons. The number of alkyl halides is 3. The molecular weight excluding hydrogens is 369 g/mol. The lowest BCUT2D eigenvalue weighted by Gasteiger charge is -2.14. The standard InChI is InChI=1S/C14H9BrF3O2S/c1-9-4-2-3-5-12(9)21(19,20)13-7-6-10(15)8-11(13)14(16,17)18/h2-8H,1H2. The Balaban J connectivity index is 2.75. The Labute approximate surface area is 128 Å². The van der Waals surface area contributed by atoms with Crippen molar-refractivity contribution in [2.45, 2.75) is 16.0 Å². The summed E-state index contributed by atoms with van der Waals surface area (Å²) in [7, 11) is -4.30. The molecule has 2 aromatic carbocycles. The fraction of sp³-hybridized carbons (Fsp3) is 0.0714. The van der Waals surface area contributed by atoms with Crippen LogP contribution in [0.15, 0.2) is 56.7 Å². The van der Waals surface area contributed by atoms with Crippen LogP contribution in [0, 0.1) is 6.92 Å². The van der Waals surface area contributed by atoms with Gasteiger partial charge in [0, 0.05) is 4.47 Å². The molecule has 0 spiro atoms. The van der Waals surface area contributed by atoms with Gasteiger partial charge in [0.05, 0.1) is 15.4 Å². The second-order valence-electron chi connectivity index (χ2n) is 4.25. The Bertz CT molecular complexity index is 783. The molecule has 0 aliphatic carbocycles. The van der Waals surface area contributed by atoms with E-state index >= 15 is 0 Å². The van der Waals surface area contributed by atoms with Crippen LogP contribution in [-0.2, 0) is 16.0 Å². The summed E-state index contributed by atoms with van der Waals surface area (Å²) < 4.78 is 64.3. The van der Waals surface area contributed by atoms with Crippen molar-refractivity contribution in [2.24, 2.45) is 0 Å².